The van der Waals surface area contributed by atoms with E-state index in [0.717, 1.165) is 17.0 Å². The van der Waals surface area contributed by atoms with Crippen LogP contribution in [-0.4, -0.2) is 34.6 Å². The molecule has 0 saturated carbocycles. The summed E-state index contributed by atoms with van der Waals surface area (Å²) in [4.78, 5) is 3.06. The average molecular weight is 316 g/mol. The van der Waals surface area contributed by atoms with Gasteiger partial charge in [-0.1, -0.05) is 20.8 Å². The molecule has 1 saturated heterocycles. The molecule has 0 aliphatic carbocycles. The maximum Gasteiger partial charge on any atom is 0.0321 e. The number of likely N-dealkylation sites (N-methyl/N-ethyl adjacent to an activating group) is 1. The minimum Gasteiger partial charge on any atom is -0.313 e. The zero-order chi connectivity index (χ0) is 13.7. The van der Waals surface area contributed by atoms with Crippen LogP contribution in [0.1, 0.15) is 30.5 Å². The molecule has 1 fully saturated rings. The van der Waals surface area contributed by atoms with Crippen LogP contribution in [0.15, 0.2) is 12.1 Å². The Balaban J connectivity index is 2.02. The van der Waals surface area contributed by atoms with E-state index in [9.17, 15) is 0 Å². The van der Waals surface area contributed by atoms with Crippen LogP contribution in [0.25, 0.3) is 0 Å². The molecule has 19 heavy (non-hydrogen) atoms. The Labute approximate surface area is 130 Å². The lowest BCUT2D eigenvalue weighted by atomic mass is 10.1. The number of hydrogen-bond acceptors (Lipinski definition) is 4. The first-order valence-corrected chi connectivity index (χ1v) is 10.2. The molecule has 0 bridgehead atoms. The van der Waals surface area contributed by atoms with Crippen molar-refractivity contribution in [3.63, 3.8) is 0 Å². The zero-order valence-corrected chi connectivity index (χ0v) is 14.6. The van der Waals surface area contributed by atoms with Crippen LogP contribution in [-0.2, 0) is 12.8 Å². The number of nitrogens with one attached hydrogen (secondary N) is 1. The van der Waals surface area contributed by atoms with E-state index < -0.39 is 0 Å². The summed E-state index contributed by atoms with van der Waals surface area (Å²) in [6, 6.07) is 5.26. The van der Waals surface area contributed by atoms with Crippen molar-refractivity contribution in [2.75, 3.05) is 18.1 Å². The Kier molecular flexibility index (Phi) is 6.60. The zero-order valence-electron chi connectivity index (χ0n) is 12.1. The second kappa shape index (κ2) is 7.96. The molecule has 1 aliphatic rings. The van der Waals surface area contributed by atoms with Crippen LogP contribution < -0.4 is 5.32 Å². The van der Waals surface area contributed by atoms with E-state index in [2.05, 4.69) is 61.7 Å². The topological polar surface area (TPSA) is 12.0 Å². The van der Waals surface area contributed by atoms with Crippen molar-refractivity contribution < 1.29 is 0 Å². The van der Waals surface area contributed by atoms with Crippen molar-refractivity contribution in [2.45, 2.75) is 50.2 Å². The maximum absolute atomic E-state index is 3.73. The lowest BCUT2D eigenvalue weighted by Gasteiger charge is -2.34. The molecular formula is C15H25NS3. The molecule has 2 rings (SSSR count). The number of rotatable bonds is 6. The fraction of sp³-hybridized carbons (Fsp3) is 0.733. The fourth-order valence-corrected chi connectivity index (χ4v) is 6.57. The van der Waals surface area contributed by atoms with Gasteiger partial charge in [-0.2, -0.15) is 23.5 Å². The number of thioether (sulfide) groups is 2. The van der Waals surface area contributed by atoms with E-state index in [1.54, 1.807) is 4.88 Å². The summed E-state index contributed by atoms with van der Waals surface area (Å²) in [5, 5.41) is 5.26. The predicted molar refractivity (Wildman–Crippen MR) is 93.0 cm³/mol. The molecule has 1 N–H and O–H groups in total. The highest BCUT2D eigenvalue weighted by atomic mass is 32.2. The summed E-state index contributed by atoms with van der Waals surface area (Å²) < 4.78 is 0. The molecule has 2 heterocycles. The number of hydrogen-bond donors (Lipinski definition) is 1. The summed E-state index contributed by atoms with van der Waals surface area (Å²) in [5.74, 6) is 2.63. The van der Waals surface area contributed by atoms with Gasteiger partial charge in [-0.05, 0) is 31.5 Å². The van der Waals surface area contributed by atoms with Gasteiger partial charge in [0, 0.05) is 37.8 Å². The second-order valence-electron chi connectivity index (χ2n) is 5.00. The minimum absolute atomic E-state index is 0.626. The van der Waals surface area contributed by atoms with Crippen LogP contribution in [0.2, 0.25) is 0 Å². The van der Waals surface area contributed by atoms with Gasteiger partial charge in [-0.25, -0.2) is 0 Å². The maximum atomic E-state index is 3.73. The molecule has 3 unspecified atom stereocenters. The quantitative estimate of drug-likeness (QED) is 0.850. The largest absolute Gasteiger partial charge is 0.313 e. The van der Waals surface area contributed by atoms with Crippen molar-refractivity contribution in [3.8, 4) is 0 Å². The van der Waals surface area contributed by atoms with Gasteiger partial charge in [0.1, 0.15) is 0 Å². The van der Waals surface area contributed by atoms with Gasteiger partial charge in [0.05, 0.1) is 0 Å². The summed E-state index contributed by atoms with van der Waals surface area (Å²) in [7, 11) is 0. The molecule has 0 aromatic carbocycles. The lowest BCUT2D eigenvalue weighted by Crippen LogP contribution is -2.45. The van der Waals surface area contributed by atoms with Crippen molar-refractivity contribution in [1.29, 1.82) is 0 Å². The third-order valence-corrected chi connectivity index (χ3v) is 8.09. The Bertz CT molecular complexity index is 377. The van der Waals surface area contributed by atoms with Crippen LogP contribution in [0, 0.1) is 0 Å². The molecule has 1 aromatic heterocycles. The van der Waals surface area contributed by atoms with Gasteiger partial charge >= 0.3 is 0 Å². The van der Waals surface area contributed by atoms with E-state index in [4.69, 9.17) is 0 Å². The van der Waals surface area contributed by atoms with Crippen molar-refractivity contribution in [1.82, 2.24) is 5.32 Å². The van der Waals surface area contributed by atoms with Gasteiger partial charge in [0.25, 0.3) is 0 Å². The molecule has 1 aromatic rings. The van der Waals surface area contributed by atoms with Gasteiger partial charge in [0.2, 0.25) is 0 Å². The van der Waals surface area contributed by atoms with Crippen LogP contribution in [0.4, 0.5) is 0 Å². The SMILES string of the molecule is CCNC(Cc1ccc(CC)s1)C1SCCSC1C. The first-order valence-electron chi connectivity index (χ1n) is 7.28. The standard InChI is InChI=1S/C15H25NS3/c1-4-12-6-7-13(19-12)10-14(16-5-2)15-11(3)17-8-9-18-15/h6-7,11,14-16H,4-5,8-10H2,1-3H3. The molecule has 0 radical (unpaired) electrons. The third-order valence-electron chi connectivity index (χ3n) is 3.59. The van der Waals surface area contributed by atoms with Gasteiger partial charge in [-0.3, -0.25) is 0 Å². The van der Waals surface area contributed by atoms with E-state index in [0.29, 0.717) is 6.04 Å². The first kappa shape index (κ1) is 15.7. The Morgan fingerprint density at radius 1 is 1.21 bits per heavy atom. The van der Waals surface area contributed by atoms with Crippen LogP contribution in [0.5, 0.6) is 0 Å². The average Bonchev–Trinajstić information content (AvgIpc) is 2.87. The summed E-state index contributed by atoms with van der Waals surface area (Å²) in [5.41, 5.74) is 0. The highest BCUT2D eigenvalue weighted by Gasteiger charge is 2.30. The van der Waals surface area contributed by atoms with E-state index in [-0.39, 0.29) is 0 Å². The molecule has 3 atom stereocenters. The van der Waals surface area contributed by atoms with Gasteiger partial charge in [-0.15, -0.1) is 11.3 Å². The first-order chi connectivity index (χ1) is 9.24. The van der Waals surface area contributed by atoms with Crippen LogP contribution >= 0.6 is 34.9 Å². The fourth-order valence-electron chi connectivity index (χ4n) is 2.60. The molecule has 0 amide bonds. The Morgan fingerprint density at radius 3 is 2.58 bits per heavy atom. The monoisotopic (exact) mass is 315 g/mol. The highest BCUT2D eigenvalue weighted by Crippen LogP contribution is 2.34. The van der Waals surface area contributed by atoms with Crippen molar-refractivity contribution in [2.24, 2.45) is 0 Å². The molecular weight excluding hydrogens is 290 g/mol. The Hall–Kier alpha value is 0.360. The summed E-state index contributed by atoms with van der Waals surface area (Å²) in [6.07, 6.45) is 2.36. The van der Waals surface area contributed by atoms with E-state index >= 15 is 0 Å². The molecule has 0 spiro atoms. The highest BCUT2D eigenvalue weighted by molar-refractivity contribution is 8.07. The third kappa shape index (κ3) is 4.42. The minimum atomic E-state index is 0.626. The number of thiophene rings is 1. The molecule has 4 heteroatoms. The van der Waals surface area contributed by atoms with Crippen molar-refractivity contribution in [3.05, 3.63) is 21.9 Å². The van der Waals surface area contributed by atoms with Gasteiger partial charge < -0.3 is 5.32 Å². The summed E-state index contributed by atoms with van der Waals surface area (Å²) in [6.45, 7) is 7.94. The van der Waals surface area contributed by atoms with Crippen molar-refractivity contribution >= 4 is 34.9 Å². The Morgan fingerprint density at radius 2 is 1.95 bits per heavy atom. The molecule has 108 valence electrons. The molecule has 1 aliphatic heterocycles. The smallest absolute Gasteiger partial charge is 0.0321 e. The number of aryl methyl sites for hydroxylation is 1. The van der Waals surface area contributed by atoms with E-state index in [1.807, 2.05) is 11.3 Å². The van der Waals surface area contributed by atoms with Gasteiger partial charge in [0.15, 0.2) is 0 Å². The molecule has 1 nitrogen and oxygen atoms in total. The van der Waals surface area contributed by atoms with E-state index in [1.165, 1.54) is 29.2 Å². The van der Waals surface area contributed by atoms with Crippen LogP contribution in [0.3, 0.4) is 0 Å². The lowest BCUT2D eigenvalue weighted by molar-refractivity contribution is 0.503. The predicted octanol–water partition coefficient (Wildman–Crippen LogP) is 4.07. The summed E-state index contributed by atoms with van der Waals surface area (Å²) >= 11 is 6.31. The second-order valence-corrected chi connectivity index (χ2v) is 9.03. The normalized spacial score (nSPS) is 25.4.